The zero-order chi connectivity index (χ0) is 21.8. The van der Waals surface area contributed by atoms with Crippen LogP contribution in [0.15, 0.2) is 42.5 Å². The molecule has 2 aromatic rings. The third-order valence-electron chi connectivity index (χ3n) is 5.37. The summed E-state index contributed by atoms with van der Waals surface area (Å²) >= 11 is 0. The van der Waals surface area contributed by atoms with Crippen molar-refractivity contribution in [3.05, 3.63) is 48.0 Å². The number of ketones is 1. The molecule has 4 rings (SSSR count). The molecule has 2 heterocycles. The van der Waals surface area contributed by atoms with Crippen LogP contribution in [0.5, 0.6) is 5.75 Å². The van der Waals surface area contributed by atoms with Gasteiger partial charge in [0.05, 0.1) is 18.9 Å². The van der Waals surface area contributed by atoms with Crippen LogP contribution in [0.4, 0.5) is 17.1 Å². The number of fused-ring (bicyclic) bond motifs is 1. The molecule has 0 saturated carbocycles. The minimum Gasteiger partial charge on any atom is -0.482 e. The lowest BCUT2D eigenvalue weighted by atomic mass is 10.1. The molecule has 0 aliphatic carbocycles. The number of anilines is 3. The molecule has 0 bridgehead atoms. The molecule has 2 aliphatic heterocycles. The van der Waals surface area contributed by atoms with Gasteiger partial charge in [-0.3, -0.25) is 19.3 Å². The first-order chi connectivity index (χ1) is 15.0. The molecule has 8 nitrogen and oxygen atoms in total. The standard InChI is InChI=1S/C23H25N3O5/c1-2-20(27)16-3-8-21-19(13-16)26(23(29)15-31-21)14-22(28)24-17-4-6-18(7-5-17)25-9-11-30-12-10-25/h3-8,13H,2,9-12,14-15H2,1H3,(H,24,28). The zero-order valence-electron chi connectivity index (χ0n) is 17.4. The molecule has 31 heavy (non-hydrogen) atoms. The maximum absolute atomic E-state index is 12.7. The van der Waals surface area contributed by atoms with Gasteiger partial charge in [0.1, 0.15) is 12.3 Å². The Hall–Kier alpha value is -3.39. The number of morpholine rings is 1. The van der Waals surface area contributed by atoms with Gasteiger partial charge in [-0.05, 0) is 42.5 Å². The Morgan fingerprint density at radius 2 is 1.81 bits per heavy atom. The third kappa shape index (κ3) is 4.69. The number of rotatable bonds is 6. The van der Waals surface area contributed by atoms with Gasteiger partial charge in [0.25, 0.3) is 5.91 Å². The highest BCUT2D eigenvalue weighted by atomic mass is 16.5. The number of carbonyl (C=O) groups excluding carboxylic acids is 3. The number of amides is 2. The fraction of sp³-hybridized carbons (Fsp3) is 0.348. The minimum absolute atomic E-state index is 0.0365. The molecule has 1 saturated heterocycles. The topological polar surface area (TPSA) is 88.2 Å². The largest absolute Gasteiger partial charge is 0.482 e. The number of Topliss-reactive ketones (excluding diaryl/α,β-unsaturated/α-hetero) is 1. The summed E-state index contributed by atoms with van der Waals surface area (Å²) in [6, 6.07) is 12.6. The summed E-state index contributed by atoms with van der Waals surface area (Å²) in [5.74, 6) is -0.209. The van der Waals surface area contributed by atoms with Crippen LogP contribution in [-0.4, -0.2) is 57.1 Å². The minimum atomic E-state index is -0.327. The van der Waals surface area contributed by atoms with Crippen molar-refractivity contribution in [3.8, 4) is 5.75 Å². The Bertz CT molecular complexity index is 983. The van der Waals surface area contributed by atoms with Crippen LogP contribution in [0.1, 0.15) is 23.7 Å². The first-order valence-electron chi connectivity index (χ1n) is 10.4. The van der Waals surface area contributed by atoms with E-state index in [4.69, 9.17) is 9.47 Å². The molecule has 8 heteroatoms. The summed E-state index contributed by atoms with van der Waals surface area (Å²) in [7, 11) is 0. The normalized spacial score (nSPS) is 15.8. The van der Waals surface area contributed by atoms with Gasteiger partial charge in [-0.15, -0.1) is 0 Å². The lowest BCUT2D eigenvalue weighted by Crippen LogP contribution is -2.43. The smallest absolute Gasteiger partial charge is 0.265 e. The third-order valence-corrected chi connectivity index (χ3v) is 5.37. The molecule has 0 atom stereocenters. The molecule has 0 aromatic heterocycles. The average molecular weight is 423 g/mol. The molecular formula is C23H25N3O5. The van der Waals surface area contributed by atoms with Crippen molar-refractivity contribution in [1.29, 1.82) is 0 Å². The second-order valence-corrected chi connectivity index (χ2v) is 7.42. The highest BCUT2D eigenvalue weighted by Gasteiger charge is 2.28. The fourth-order valence-corrected chi connectivity index (χ4v) is 3.67. The molecule has 1 fully saturated rings. The van der Waals surface area contributed by atoms with E-state index in [0.29, 0.717) is 42.3 Å². The van der Waals surface area contributed by atoms with Crippen molar-refractivity contribution in [2.75, 3.05) is 54.6 Å². The Morgan fingerprint density at radius 1 is 1.06 bits per heavy atom. The molecule has 0 radical (unpaired) electrons. The fourth-order valence-electron chi connectivity index (χ4n) is 3.67. The van der Waals surface area contributed by atoms with E-state index in [-0.39, 0.29) is 30.7 Å². The van der Waals surface area contributed by atoms with Crippen LogP contribution < -0.4 is 19.9 Å². The van der Waals surface area contributed by atoms with Crippen molar-refractivity contribution in [1.82, 2.24) is 0 Å². The van der Waals surface area contributed by atoms with Gasteiger partial charge in [-0.25, -0.2) is 0 Å². The monoisotopic (exact) mass is 423 g/mol. The lowest BCUT2D eigenvalue weighted by molar-refractivity contribution is -0.123. The van der Waals surface area contributed by atoms with Gasteiger partial charge in [0.15, 0.2) is 12.4 Å². The summed E-state index contributed by atoms with van der Waals surface area (Å²) in [6.07, 6.45) is 0.356. The maximum atomic E-state index is 12.7. The van der Waals surface area contributed by atoms with Crippen LogP contribution in [-0.2, 0) is 14.3 Å². The van der Waals surface area contributed by atoms with Crippen LogP contribution >= 0.6 is 0 Å². The second kappa shape index (κ2) is 9.18. The average Bonchev–Trinajstić information content (AvgIpc) is 2.81. The van der Waals surface area contributed by atoms with Crippen molar-refractivity contribution in [2.45, 2.75) is 13.3 Å². The van der Waals surface area contributed by atoms with Crippen molar-refractivity contribution in [3.63, 3.8) is 0 Å². The zero-order valence-corrected chi connectivity index (χ0v) is 17.4. The number of hydrogen-bond donors (Lipinski definition) is 1. The van der Waals surface area contributed by atoms with Crippen LogP contribution in [0.2, 0.25) is 0 Å². The van der Waals surface area contributed by atoms with Crippen molar-refractivity contribution in [2.24, 2.45) is 0 Å². The van der Waals surface area contributed by atoms with E-state index in [9.17, 15) is 14.4 Å². The van der Waals surface area contributed by atoms with Crippen LogP contribution in [0, 0.1) is 0 Å². The van der Waals surface area contributed by atoms with Gasteiger partial charge >= 0.3 is 0 Å². The van der Waals surface area contributed by atoms with E-state index in [1.807, 2.05) is 24.3 Å². The van der Waals surface area contributed by atoms with Crippen LogP contribution in [0.25, 0.3) is 0 Å². The Labute approximate surface area is 180 Å². The summed E-state index contributed by atoms with van der Waals surface area (Å²) in [4.78, 5) is 40.7. The Balaban J connectivity index is 1.45. The molecule has 2 aliphatic rings. The van der Waals surface area contributed by atoms with Gasteiger partial charge in [-0.2, -0.15) is 0 Å². The van der Waals surface area contributed by atoms with Crippen LogP contribution in [0.3, 0.4) is 0 Å². The van der Waals surface area contributed by atoms with E-state index in [0.717, 1.165) is 18.8 Å². The number of carbonyl (C=O) groups is 3. The van der Waals surface area contributed by atoms with E-state index in [1.54, 1.807) is 25.1 Å². The summed E-state index contributed by atoms with van der Waals surface area (Å²) in [6.45, 7) is 4.57. The molecule has 0 spiro atoms. The number of hydrogen-bond acceptors (Lipinski definition) is 6. The van der Waals surface area contributed by atoms with Gasteiger partial charge in [0, 0.05) is 36.4 Å². The predicted octanol–water partition coefficient (Wildman–Crippen LogP) is 2.48. The second-order valence-electron chi connectivity index (χ2n) is 7.42. The van der Waals surface area contributed by atoms with E-state index >= 15 is 0 Å². The lowest BCUT2D eigenvalue weighted by Gasteiger charge is -2.29. The quantitative estimate of drug-likeness (QED) is 0.719. The highest BCUT2D eigenvalue weighted by Crippen LogP contribution is 2.33. The van der Waals surface area contributed by atoms with Crippen molar-refractivity contribution < 1.29 is 23.9 Å². The van der Waals surface area contributed by atoms with Gasteiger partial charge in [-0.1, -0.05) is 6.92 Å². The summed E-state index contributed by atoms with van der Waals surface area (Å²) < 4.78 is 10.8. The van der Waals surface area contributed by atoms with Gasteiger partial charge < -0.3 is 19.7 Å². The predicted molar refractivity (Wildman–Crippen MR) is 117 cm³/mol. The highest BCUT2D eigenvalue weighted by molar-refractivity contribution is 6.06. The first kappa shape index (κ1) is 20.9. The van der Waals surface area contributed by atoms with Gasteiger partial charge in [0.2, 0.25) is 5.91 Å². The number of nitrogens with one attached hydrogen (secondary N) is 1. The maximum Gasteiger partial charge on any atom is 0.265 e. The van der Waals surface area contributed by atoms with Crippen molar-refractivity contribution >= 4 is 34.7 Å². The summed E-state index contributed by atoms with van der Waals surface area (Å²) in [5.41, 5.74) is 2.65. The number of benzene rings is 2. The van der Waals surface area contributed by atoms with E-state index in [2.05, 4.69) is 10.2 Å². The first-order valence-corrected chi connectivity index (χ1v) is 10.4. The molecule has 1 N–H and O–H groups in total. The number of nitrogens with zero attached hydrogens (tertiary/aromatic N) is 2. The Morgan fingerprint density at radius 3 is 2.52 bits per heavy atom. The molecule has 2 aromatic carbocycles. The van der Waals surface area contributed by atoms with E-state index in [1.165, 1.54) is 4.90 Å². The molecule has 0 unspecified atom stereocenters. The molecule has 2 amide bonds. The molecular weight excluding hydrogens is 398 g/mol. The molecule has 162 valence electrons. The SMILES string of the molecule is CCC(=O)c1ccc2c(c1)N(CC(=O)Nc1ccc(N3CCOCC3)cc1)C(=O)CO2. The summed E-state index contributed by atoms with van der Waals surface area (Å²) in [5, 5.41) is 2.84. The number of ether oxygens (including phenoxy) is 2. The van der Waals surface area contributed by atoms with E-state index < -0.39 is 0 Å². The Kier molecular flexibility index (Phi) is 6.18.